The molecule has 0 bridgehead atoms. The Bertz CT molecular complexity index is 956. The van der Waals surface area contributed by atoms with Crippen molar-refractivity contribution in [3.8, 4) is 17.2 Å². The highest BCUT2D eigenvalue weighted by Gasteiger charge is 2.18. The summed E-state index contributed by atoms with van der Waals surface area (Å²) in [5.41, 5.74) is 2.36. The molecule has 0 aliphatic heterocycles. The van der Waals surface area contributed by atoms with Gasteiger partial charge in [0.2, 0.25) is 0 Å². The summed E-state index contributed by atoms with van der Waals surface area (Å²) < 4.78 is 16.6. The molecule has 0 aromatic heterocycles. The van der Waals surface area contributed by atoms with Crippen molar-refractivity contribution in [2.45, 2.75) is 19.6 Å². The summed E-state index contributed by atoms with van der Waals surface area (Å²) >= 11 is 0. The maximum Gasteiger partial charge on any atom is 0.255 e. The number of methoxy groups -OCH3 is 2. The third-order valence-electron chi connectivity index (χ3n) is 4.62. The zero-order chi connectivity index (χ0) is 20.6. The first-order chi connectivity index (χ1) is 14.1. The predicted molar refractivity (Wildman–Crippen MR) is 113 cm³/mol. The van der Waals surface area contributed by atoms with Crippen molar-refractivity contribution in [2.75, 3.05) is 14.2 Å². The second kappa shape index (κ2) is 9.64. The molecule has 0 spiro atoms. The van der Waals surface area contributed by atoms with Gasteiger partial charge in [-0.25, -0.2) is 0 Å². The van der Waals surface area contributed by atoms with Gasteiger partial charge in [-0.1, -0.05) is 42.5 Å². The largest absolute Gasteiger partial charge is 0.497 e. The van der Waals surface area contributed by atoms with Crippen LogP contribution in [0.3, 0.4) is 0 Å². The molecule has 150 valence electrons. The number of hydrogen-bond acceptors (Lipinski definition) is 4. The number of carbonyl (C=O) groups excluding carboxylic acids is 1. The van der Waals surface area contributed by atoms with E-state index in [1.54, 1.807) is 26.4 Å². The lowest BCUT2D eigenvalue weighted by molar-refractivity contribution is 0.0935. The number of hydrogen-bond donors (Lipinski definition) is 1. The molecule has 0 radical (unpaired) electrons. The fraction of sp³-hybridized carbons (Fsp3) is 0.208. The molecule has 0 saturated heterocycles. The number of amides is 1. The SMILES string of the molecule is COc1ccc(OC)c([C@H](C)NC(=O)c2ccccc2OCc2ccccc2)c1. The zero-order valence-corrected chi connectivity index (χ0v) is 16.8. The van der Waals surface area contributed by atoms with Crippen molar-refractivity contribution >= 4 is 5.91 Å². The van der Waals surface area contributed by atoms with E-state index >= 15 is 0 Å². The third kappa shape index (κ3) is 5.08. The average molecular weight is 391 g/mol. The van der Waals surface area contributed by atoms with Crippen LogP contribution < -0.4 is 19.5 Å². The number of benzene rings is 3. The van der Waals surface area contributed by atoms with Crippen LogP contribution in [0.1, 0.15) is 34.5 Å². The molecule has 5 heteroatoms. The van der Waals surface area contributed by atoms with Crippen molar-refractivity contribution in [2.24, 2.45) is 0 Å². The monoisotopic (exact) mass is 391 g/mol. The minimum absolute atomic E-state index is 0.217. The minimum atomic E-state index is -0.283. The van der Waals surface area contributed by atoms with E-state index < -0.39 is 0 Å². The van der Waals surface area contributed by atoms with Gasteiger partial charge in [-0.05, 0) is 42.8 Å². The summed E-state index contributed by atoms with van der Waals surface area (Å²) in [7, 11) is 3.21. The Morgan fingerprint density at radius 2 is 1.62 bits per heavy atom. The van der Waals surface area contributed by atoms with Crippen LogP contribution in [0, 0.1) is 0 Å². The molecule has 29 heavy (non-hydrogen) atoms. The van der Waals surface area contributed by atoms with Crippen molar-refractivity contribution in [3.63, 3.8) is 0 Å². The smallest absolute Gasteiger partial charge is 0.255 e. The van der Waals surface area contributed by atoms with Gasteiger partial charge in [0.15, 0.2) is 0 Å². The summed E-state index contributed by atoms with van der Waals surface area (Å²) in [5.74, 6) is 1.71. The standard InChI is InChI=1S/C24H25NO4/c1-17(21-15-19(27-2)13-14-22(21)28-3)25-24(26)20-11-7-8-12-23(20)29-16-18-9-5-4-6-10-18/h4-15,17H,16H2,1-3H3,(H,25,26)/t17-/m0/s1. The molecule has 1 atom stereocenters. The average Bonchev–Trinajstić information content (AvgIpc) is 2.78. The zero-order valence-electron chi connectivity index (χ0n) is 16.8. The first kappa shape index (κ1) is 20.3. The van der Waals surface area contributed by atoms with Crippen LogP contribution in [0.4, 0.5) is 0 Å². The first-order valence-corrected chi connectivity index (χ1v) is 9.41. The number of rotatable bonds is 8. The third-order valence-corrected chi connectivity index (χ3v) is 4.62. The molecule has 5 nitrogen and oxygen atoms in total. The minimum Gasteiger partial charge on any atom is -0.497 e. The molecule has 0 heterocycles. The molecule has 0 unspecified atom stereocenters. The Balaban J connectivity index is 1.76. The van der Waals surface area contributed by atoms with Gasteiger partial charge in [0, 0.05) is 5.56 Å². The second-order valence-corrected chi connectivity index (χ2v) is 6.57. The lowest BCUT2D eigenvalue weighted by Crippen LogP contribution is -2.27. The molecular formula is C24H25NO4. The number of nitrogens with one attached hydrogen (secondary N) is 1. The van der Waals surface area contributed by atoms with Crippen LogP contribution in [0.2, 0.25) is 0 Å². The van der Waals surface area contributed by atoms with Crippen molar-refractivity contribution in [1.29, 1.82) is 0 Å². The lowest BCUT2D eigenvalue weighted by Gasteiger charge is -2.19. The highest BCUT2D eigenvalue weighted by atomic mass is 16.5. The predicted octanol–water partition coefficient (Wildman–Crippen LogP) is 4.77. The summed E-state index contributed by atoms with van der Waals surface area (Å²) in [4.78, 5) is 13.0. The van der Waals surface area contributed by atoms with Crippen LogP contribution in [0.5, 0.6) is 17.2 Å². The van der Waals surface area contributed by atoms with Crippen LogP contribution in [0.15, 0.2) is 72.8 Å². The Labute approximate surface area is 171 Å². The molecule has 1 amide bonds. The molecule has 1 N–H and O–H groups in total. The normalized spacial score (nSPS) is 11.4. The number of para-hydroxylation sites is 1. The van der Waals surface area contributed by atoms with Gasteiger partial charge in [-0.3, -0.25) is 4.79 Å². The fourth-order valence-corrected chi connectivity index (χ4v) is 3.05. The maximum absolute atomic E-state index is 13.0. The van der Waals surface area contributed by atoms with Gasteiger partial charge in [-0.2, -0.15) is 0 Å². The lowest BCUT2D eigenvalue weighted by atomic mass is 10.1. The van der Waals surface area contributed by atoms with Gasteiger partial charge in [0.25, 0.3) is 5.91 Å². The molecule has 0 aliphatic carbocycles. The summed E-state index contributed by atoms with van der Waals surface area (Å²) in [6, 6.07) is 22.3. The van der Waals surface area contributed by atoms with Crippen molar-refractivity contribution < 1.29 is 19.0 Å². The molecule has 3 rings (SSSR count). The number of carbonyl (C=O) groups is 1. The molecule has 3 aromatic carbocycles. The topological polar surface area (TPSA) is 56.8 Å². The molecule has 3 aromatic rings. The number of ether oxygens (including phenoxy) is 3. The van der Waals surface area contributed by atoms with Crippen LogP contribution in [-0.4, -0.2) is 20.1 Å². The van der Waals surface area contributed by atoms with E-state index in [9.17, 15) is 4.79 Å². The highest BCUT2D eigenvalue weighted by Crippen LogP contribution is 2.30. The Hall–Kier alpha value is -3.47. The Morgan fingerprint density at radius 3 is 2.34 bits per heavy atom. The van der Waals surface area contributed by atoms with Gasteiger partial charge >= 0.3 is 0 Å². The Morgan fingerprint density at radius 1 is 0.897 bits per heavy atom. The quantitative estimate of drug-likeness (QED) is 0.601. The van der Waals surface area contributed by atoms with Crippen molar-refractivity contribution in [1.82, 2.24) is 5.32 Å². The van der Waals surface area contributed by atoms with E-state index in [1.165, 1.54) is 0 Å². The van der Waals surface area contributed by atoms with E-state index in [1.807, 2.05) is 67.6 Å². The van der Waals surface area contributed by atoms with Crippen LogP contribution in [0.25, 0.3) is 0 Å². The van der Waals surface area contributed by atoms with Gasteiger partial charge in [0.1, 0.15) is 23.9 Å². The van der Waals surface area contributed by atoms with Gasteiger partial charge in [-0.15, -0.1) is 0 Å². The van der Waals surface area contributed by atoms with E-state index in [2.05, 4.69) is 5.32 Å². The Kier molecular flexibility index (Phi) is 6.74. The summed E-state index contributed by atoms with van der Waals surface area (Å²) in [5, 5.41) is 3.02. The summed E-state index contributed by atoms with van der Waals surface area (Å²) in [6.07, 6.45) is 0. The summed E-state index contributed by atoms with van der Waals surface area (Å²) in [6.45, 7) is 2.30. The first-order valence-electron chi connectivity index (χ1n) is 9.41. The van der Waals surface area contributed by atoms with Gasteiger partial charge < -0.3 is 19.5 Å². The molecule has 0 aliphatic rings. The van der Waals surface area contributed by atoms with Gasteiger partial charge in [0.05, 0.1) is 25.8 Å². The maximum atomic E-state index is 13.0. The van der Waals surface area contributed by atoms with E-state index in [0.29, 0.717) is 29.4 Å². The fourth-order valence-electron chi connectivity index (χ4n) is 3.05. The second-order valence-electron chi connectivity index (χ2n) is 6.57. The molecule has 0 fully saturated rings. The van der Waals surface area contributed by atoms with Crippen molar-refractivity contribution in [3.05, 3.63) is 89.5 Å². The van der Waals surface area contributed by atoms with E-state index in [0.717, 1.165) is 11.1 Å². The molecule has 0 saturated carbocycles. The van der Waals surface area contributed by atoms with Crippen LogP contribution in [-0.2, 0) is 6.61 Å². The highest BCUT2D eigenvalue weighted by molar-refractivity contribution is 5.97. The van der Waals surface area contributed by atoms with Crippen LogP contribution >= 0.6 is 0 Å². The van der Waals surface area contributed by atoms with E-state index in [4.69, 9.17) is 14.2 Å². The molecular weight excluding hydrogens is 366 g/mol. The van der Waals surface area contributed by atoms with E-state index in [-0.39, 0.29) is 11.9 Å².